The smallest absolute Gasteiger partial charge is 0.264 e. The Bertz CT molecular complexity index is 1010. The van der Waals surface area contributed by atoms with Crippen LogP contribution in [0.4, 0.5) is 10.1 Å². The molecule has 0 amide bonds. The molecule has 5 nitrogen and oxygen atoms in total. The largest absolute Gasteiger partial charge is 0.278 e. The first kappa shape index (κ1) is 15.1. The van der Waals surface area contributed by atoms with Gasteiger partial charge in [0.15, 0.2) is 0 Å². The molecule has 0 unspecified atom stereocenters. The zero-order chi connectivity index (χ0) is 16.9. The quantitative estimate of drug-likeness (QED) is 0.787. The lowest BCUT2D eigenvalue weighted by molar-refractivity contribution is 0.576. The van der Waals surface area contributed by atoms with Crippen molar-refractivity contribution in [1.82, 2.24) is 10.2 Å². The summed E-state index contributed by atoms with van der Waals surface area (Å²) >= 11 is 0. The summed E-state index contributed by atoms with van der Waals surface area (Å²) in [5.41, 5.74) is 0.477. The van der Waals surface area contributed by atoms with Gasteiger partial charge in [0.05, 0.1) is 33.2 Å². The molecule has 24 heavy (non-hydrogen) atoms. The number of H-pyrrole nitrogens is 1. The molecule has 124 valence electrons. The number of para-hydroxylation sites is 1. The van der Waals surface area contributed by atoms with Crippen LogP contribution in [0.2, 0.25) is 0 Å². The van der Waals surface area contributed by atoms with Gasteiger partial charge in [0.25, 0.3) is 10.0 Å². The number of aromatic nitrogens is 2. The second-order valence-corrected chi connectivity index (χ2v) is 8.12. The molecular weight excluding hydrogens is 329 g/mol. The van der Waals surface area contributed by atoms with Crippen LogP contribution in [0.15, 0.2) is 53.6 Å². The van der Waals surface area contributed by atoms with Crippen LogP contribution in [-0.4, -0.2) is 24.2 Å². The summed E-state index contributed by atoms with van der Waals surface area (Å²) in [6.07, 6.45) is 2.89. The van der Waals surface area contributed by atoms with Crippen LogP contribution < -0.4 is 4.31 Å². The van der Waals surface area contributed by atoms with Crippen LogP contribution in [0.1, 0.15) is 19.8 Å². The van der Waals surface area contributed by atoms with Crippen molar-refractivity contribution in [2.75, 3.05) is 4.31 Å². The van der Waals surface area contributed by atoms with E-state index in [0.29, 0.717) is 11.2 Å². The number of aromatic amines is 1. The lowest BCUT2D eigenvalue weighted by atomic mass is 10.2. The van der Waals surface area contributed by atoms with Gasteiger partial charge < -0.3 is 0 Å². The average molecular weight is 345 g/mol. The summed E-state index contributed by atoms with van der Waals surface area (Å²) in [6, 6.07) is 11.4. The van der Waals surface area contributed by atoms with Crippen LogP contribution in [0.3, 0.4) is 0 Å². The molecule has 0 saturated heterocycles. The van der Waals surface area contributed by atoms with Gasteiger partial charge in [-0.05, 0) is 44.0 Å². The third-order valence-corrected chi connectivity index (χ3v) is 6.44. The second kappa shape index (κ2) is 5.04. The minimum atomic E-state index is -3.90. The van der Waals surface area contributed by atoms with E-state index in [4.69, 9.17) is 0 Å². The van der Waals surface area contributed by atoms with E-state index in [2.05, 4.69) is 10.2 Å². The van der Waals surface area contributed by atoms with Gasteiger partial charge in [0, 0.05) is 0 Å². The fourth-order valence-corrected chi connectivity index (χ4v) is 4.82. The molecule has 1 fully saturated rings. The van der Waals surface area contributed by atoms with Gasteiger partial charge in [-0.3, -0.25) is 9.40 Å². The molecule has 0 atom stereocenters. The predicted molar refractivity (Wildman–Crippen MR) is 89.8 cm³/mol. The number of sulfonamides is 1. The first-order valence-electron chi connectivity index (χ1n) is 7.65. The molecule has 4 rings (SSSR count). The van der Waals surface area contributed by atoms with Crippen molar-refractivity contribution in [3.8, 4) is 0 Å². The molecule has 0 radical (unpaired) electrons. The van der Waals surface area contributed by atoms with Crippen molar-refractivity contribution in [2.45, 2.75) is 30.2 Å². The summed E-state index contributed by atoms with van der Waals surface area (Å²) in [4.78, 5) is -0.0753. The molecule has 0 spiro atoms. The summed E-state index contributed by atoms with van der Waals surface area (Å²) in [5, 5.41) is 6.68. The highest BCUT2D eigenvalue weighted by molar-refractivity contribution is 7.93. The zero-order valence-electron chi connectivity index (χ0n) is 13.0. The Kier molecular flexibility index (Phi) is 3.18. The summed E-state index contributed by atoms with van der Waals surface area (Å²) in [5.74, 6) is -0.603. The van der Waals surface area contributed by atoms with Crippen LogP contribution in [0.25, 0.3) is 10.9 Å². The van der Waals surface area contributed by atoms with Crippen LogP contribution in [0.5, 0.6) is 0 Å². The third kappa shape index (κ3) is 2.27. The number of hydrogen-bond donors (Lipinski definition) is 1. The summed E-state index contributed by atoms with van der Waals surface area (Å²) in [7, 11) is -3.90. The molecule has 1 saturated carbocycles. The number of nitrogens with one attached hydrogen (secondary N) is 1. The van der Waals surface area contributed by atoms with Crippen molar-refractivity contribution in [3.63, 3.8) is 0 Å². The van der Waals surface area contributed by atoms with E-state index in [9.17, 15) is 12.8 Å². The third-order valence-electron chi connectivity index (χ3n) is 4.47. The Hall–Kier alpha value is -2.41. The van der Waals surface area contributed by atoms with Crippen LogP contribution in [0, 0.1) is 5.82 Å². The number of halogens is 1. The molecule has 0 aliphatic heterocycles. The average Bonchev–Trinajstić information content (AvgIpc) is 3.10. The van der Waals surface area contributed by atoms with Crippen LogP contribution >= 0.6 is 0 Å². The zero-order valence-corrected chi connectivity index (χ0v) is 13.8. The van der Waals surface area contributed by atoms with E-state index in [-0.39, 0.29) is 10.3 Å². The molecule has 3 aromatic rings. The minimum Gasteiger partial charge on any atom is -0.278 e. The van der Waals surface area contributed by atoms with Crippen molar-refractivity contribution in [2.24, 2.45) is 0 Å². The normalized spacial score (nSPS) is 16.2. The first-order valence-corrected chi connectivity index (χ1v) is 9.09. The van der Waals surface area contributed by atoms with E-state index < -0.39 is 21.4 Å². The maximum atomic E-state index is 14.2. The molecule has 2 aromatic carbocycles. The Labute approximate surface area is 139 Å². The topological polar surface area (TPSA) is 66.1 Å². The Balaban J connectivity index is 1.90. The summed E-state index contributed by atoms with van der Waals surface area (Å²) in [6.45, 7) is 1.91. The standard InChI is InChI=1S/C17H16FN3O2S/c1-17(7-8-17)21(12-5-3-2-4-6-12)24(22,23)13-9-15(18)14-11-19-20-16(14)10-13/h2-6,9-11H,7-8H2,1H3,(H,19,20). The first-order chi connectivity index (χ1) is 11.4. The van der Waals surface area contributed by atoms with Gasteiger partial charge in [-0.25, -0.2) is 12.8 Å². The molecular formula is C17H16FN3O2S. The van der Waals surface area contributed by atoms with Crippen LogP contribution in [-0.2, 0) is 10.0 Å². The van der Waals surface area contributed by atoms with Gasteiger partial charge in [-0.2, -0.15) is 5.10 Å². The number of fused-ring (bicyclic) bond motifs is 1. The van der Waals surface area contributed by atoms with E-state index in [0.717, 1.165) is 18.9 Å². The SMILES string of the molecule is CC1(N(c2ccccc2)S(=O)(=O)c2cc(F)c3cn[nH]c3c2)CC1. The van der Waals surface area contributed by atoms with E-state index in [1.165, 1.54) is 16.6 Å². The van der Waals surface area contributed by atoms with E-state index in [1.54, 1.807) is 24.3 Å². The monoisotopic (exact) mass is 345 g/mol. The number of benzene rings is 2. The summed E-state index contributed by atoms with van der Waals surface area (Å²) < 4.78 is 42.2. The molecule has 0 bridgehead atoms. The van der Waals surface area contributed by atoms with Gasteiger partial charge in [0.1, 0.15) is 5.82 Å². The molecule has 7 heteroatoms. The number of hydrogen-bond acceptors (Lipinski definition) is 3. The minimum absolute atomic E-state index is 0.0753. The molecule has 1 aromatic heterocycles. The van der Waals surface area contributed by atoms with Gasteiger partial charge in [0.2, 0.25) is 0 Å². The molecule has 1 heterocycles. The predicted octanol–water partition coefficient (Wildman–Crippen LogP) is 3.45. The maximum absolute atomic E-state index is 14.2. The lowest BCUT2D eigenvalue weighted by Gasteiger charge is -2.30. The van der Waals surface area contributed by atoms with Gasteiger partial charge in [-0.15, -0.1) is 0 Å². The van der Waals surface area contributed by atoms with Gasteiger partial charge in [-0.1, -0.05) is 18.2 Å². The Morgan fingerprint density at radius 2 is 1.92 bits per heavy atom. The second-order valence-electron chi connectivity index (χ2n) is 6.34. The number of anilines is 1. The van der Waals surface area contributed by atoms with Crippen molar-refractivity contribution >= 4 is 26.6 Å². The van der Waals surface area contributed by atoms with E-state index in [1.807, 2.05) is 13.0 Å². The Morgan fingerprint density at radius 1 is 1.21 bits per heavy atom. The fourth-order valence-electron chi connectivity index (χ4n) is 2.93. The van der Waals surface area contributed by atoms with Crippen molar-refractivity contribution in [3.05, 3.63) is 54.5 Å². The number of rotatable bonds is 4. The van der Waals surface area contributed by atoms with Gasteiger partial charge >= 0.3 is 0 Å². The number of nitrogens with zero attached hydrogens (tertiary/aromatic N) is 2. The molecule has 1 aliphatic carbocycles. The highest BCUT2D eigenvalue weighted by atomic mass is 32.2. The Morgan fingerprint density at radius 3 is 2.58 bits per heavy atom. The highest BCUT2D eigenvalue weighted by Crippen LogP contribution is 2.46. The van der Waals surface area contributed by atoms with Crippen molar-refractivity contribution < 1.29 is 12.8 Å². The molecule has 1 aliphatic rings. The highest BCUT2D eigenvalue weighted by Gasteiger charge is 2.49. The van der Waals surface area contributed by atoms with Crippen molar-refractivity contribution in [1.29, 1.82) is 0 Å². The fraction of sp³-hybridized carbons (Fsp3) is 0.235. The van der Waals surface area contributed by atoms with E-state index >= 15 is 0 Å². The molecule has 1 N–H and O–H groups in total. The maximum Gasteiger partial charge on any atom is 0.264 e. The lowest BCUT2D eigenvalue weighted by Crippen LogP contribution is -2.40.